The van der Waals surface area contributed by atoms with Crippen molar-refractivity contribution < 1.29 is 0 Å². The number of hydrogen-bond donors (Lipinski definition) is 1. The maximum atomic E-state index is 4.54. The molecular formula is C13H18BrN3. The topological polar surface area (TPSA) is 28.2 Å². The fourth-order valence-corrected chi connectivity index (χ4v) is 3.46. The molecule has 0 aliphatic carbocycles. The van der Waals surface area contributed by atoms with Crippen LogP contribution < -0.4 is 10.2 Å². The summed E-state index contributed by atoms with van der Waals surface area (Å²) < 4.78 is 1.16. The van der Waals surface area contributed by atoms with Crippen LogP contribution in [0.15, 0.2) is 16.7 Å². The lowest BCUT2D eigenvalue weighted by molar-refractivity contribution is 0.347. The summed E-state index contributed by atoms with van der Waals surface area (Å²) in [6, 6.07) is 2.05. The van der Waals surface area contributed by atoms with E-state index in [-0.39, 0.29) is 0 Å². The first-order valence-corrected chi connectivity index (χ1v) is 7.12. The van der Waals surface area contributed by atoms with Crippen LogP contribution in [0.2, 0.25) is 0 Å². The third-order valence-electron chi connectivity index (χ3n) is 4.07. The van der Waals surface area contributed by atoms with E-state index in [9.17, 15) is 0 Å². The minimum absolute atomic E-state index is 0.804. The fraction of sp³-hybridized carbons (Fsp3) is 0.615. The molecule has 2 saturated heterocycles. The Hall–Kier alpha value is -0.610. The second-order valence-corrected chi connectivity index (χ2v) is 5.97. The minimum atomic E-state index is 0.804. The van der Waals surface area contributed by atoms with Crippen LogP contribution in [0.1, 0.15) is 12.0 Å². The van der Waals surface area contributed by atoms with Crippen LogP contribution >= 0.6 is 15.9 Å². The molecule has 1 aromatic heterocycles. The van der Waals surface area contributed by atoms with Gasteiger partial charge in [0.25, 0.3) is 0 Å². The van der Waals surface area contributed by atoms with E-state index in [0.29, 0.717) is 0 Å². The normalized spacial score (nSPS) is 28.2. The Balaban J connectivity index is 1.82. The molecule has 3 nitrogen and oxygen atoms in total. The molecule has 2 fully saturated rings. The van der Waals surface area contributed by atoms with Crippen molar-refractivity contribution in [2.45, 2.75) is 13.3 Å². The summed E-state index contributed by atoms with van der Waals surface area (Å²) in [5.74, 6) is 2.81. The number of piperidine rings is 1. The molecule has 0 aromatic carbocycles. The number of aromatic nitrogens is 1. The third kappa shape index (κ3) is 2.08. The Morgan fingerprint density at radius 3 is 3.12 bits per heavy atom. The van der Waals surface area contributed by atoms with Crippen LogP contribution in [0, 0.1) is 18.8 Å². The van der Waals surface area contributed by atoms with Gasteiger partial charge in [-0.25, -0.2) is 4.98 Å². The zero-order valence-corrected chi connectivity index (χ0v) is 11.7. The van der Waals surface area contributed by atoms with Gasteiger partial charge in [-0.1, -0.05) is 0 Å². The smallest absolute Gasteiger partial charge is 0.143 e. The quantitative estimate of drug-likeness (QED) is 0.861. The van der Waals surface area contributed by atoms with Crippen molar-refractivity contribution in [1.82, 2.24) is 10.3 Å². The number of fused-ring (bicyclic) bond motifs is 1. The Bertz CT molecular complexity index is 421. The highest BCUT2D eigenvalue weighted by molar-refractivity contribution is 9.10. The van der Waals surface area contributed by atoms with Crippen LogP contribution in [0.4, 0.5) is 5.82 Å². The van der Waals surface area contributed by atoms with Crippen LogP contribution in [-0.2, 0) is 0 Å². The summed E-state index contributed by atoms with van der Waals surface area (Å²) >= 11 is 3.67. The zero-order chi connectivity index (χ0) is 11.8. The maximum absolute atomic E-state index is 4.54. The molecule has 0 bridgehead atoms. The van der Waals surface area contributed by atoms with Gasteiger partial charge in [0, 0.05) is 19.3 Å². The van der Waals surface area contributed by atoms with Gasteiger partial charge in [-0.05, 0) is 65.8 Å². The molecule has 4 heteroatoms. The molecule has 0 saturated carbocycles. The average Bonchev–Trinajstić information content (AvgIpc) is 2.79. The molecule has 2 atom stereocenters. The first kappa shape index (κ1) is 11.5. The largest absolute Gasteiger partial charge is 0.355 e. The second kappa shape index (κ2) is 4.58. The molecule has 2 aliphatic heterocycles. The Morgan fingerprint density at radius 1 is 1.41 bits per heavy atom. The first-order chi connectivity index (χ1) is 8.25. The predicted octanol–water partition coefficient (Wildman–Crippen LogP) is 2.20. The van der Waals surface area contributed by atoms with Gasteiger partial charge in [0.1, 0.15) is 5.82 Å². The number of pyridine rings is 1. The molecule has 3 heterocycles. The van der Waals surface area contributed by atoms with Crippen molar-refractivity contribution in [2.75, 3.05) is 31.1 Å². The lowest BCUT2D eigenvalue weighted by Crippen LogP contribution is -2.40. The molecule has 1 aromatic rings. The number of hydrogen-bond acceptors (Lipinski definition) is 3. The summed E-state index contributed by atoms with van der Waals surface area (Å²) in [4.78, 5) is 6.97. The van der Waals surface area contributed by atoms with Crippen molar-refractivity contribution >= 4 is 21.7 Å². The first-order valence-electron chi connectivity index (χ1n) is 6.32. The number of halogens is 1. The van der Waals surface area contributed by atoms with Gasteiger partial charge in [-0.15, -0.1) is 0 Å². The van der Waals surface area contributed by atoms with Gasteiger partial charge in [-0.3, -0.25) is 0 Å². The van der Waals surface area contributed by atoms with Gasteiger partial charge >= 0.3 is 0 Å². The molecule has 92 valence electrons. The molecule has 0 spiro atoms. The van der Waals surface area contributed by atoms with E-state index in [0.717, 1.165) is 35.2 Å². The lowest BCUT2D eigenvalue weighted by Gasteiger charge is -2.35. The highest BCUT2D eigenvalue weighted by Crippen LogP contribution is 2.33. The van der Waals surface area contributed by atoms with E-state index in [1.165, 1.54) is 25.1 Å². The monoisotopic (exact) mass is 295 g/mol. The Morgan fingerprint density at radius 2 is 2.24 bits per heavy atom. The summed E-state index contributed by atoms with van der Waals surface area (Å²) in [7, 11) is 0. The van der Waals surface area contributed by atoms with E-state index >= 15 is 0 Å². The molecule has 0 radical (unpaired) electrons. The molecule has 2 aliphatic rings. The van der Waals surface area contributed by atoms with Gasteiger partial charge in [0.2, 0.25) is 0 Å². The van der Waals surface area contributed by atoms with Gasteiger partial charge < -0.3 is 10.2 Å². The summed E-state index contributed by atoms with van der Waals surface area (Å²) in [6.07, 6.45) is 3.20. The predicted molar refractivity (Wildman–Crippen MR) is 73.4 cm³/mol. The molecule has 0 amide bonds. The van der Waals surface area contributed by atoms with Crippen LogP contribution in [0.3, 0.4) is 0 Å². The number of nitrogens with one attached hydrogen (secondary N) is 1. The molecule has 3 rings (SSSR count). The van der Waals surface area contributed by atoms with Crippen molar-refractivity contribution in [1.29, 1.82) is 0 Å². The average molecular weight is 296 g/mol. The van der Waals surface area contributed by atoms with E-state index in [2.05, 4.69) is 44.1 Å². The van der Waals surface area contributed by atoms with E-state index in [1.54, 1.807) is 0 Å². The maximum Gasteiger partial charge on any atom is 0.143 e. The molecular weight excluding hydrogens is 278 g/mol. The fourth-order valence-electron chi connectivity index (χ4n) is 2.97. The summed E-state index contributed by atoms with van der Waals surface area (Å²) in [5, 5.41) is 3.50. The van der Waals surface area contributed by atoms with Crippen LogP contribution in [-0.4, -0.2) is 31.2 Å². The molecule has 2 unspecified atom stereocenters. The number of anilines is 1. The minimum Gasteiger partial charge on any atom is -0.355 e. The van der Waals surface area contributed by atoms with E-state index < -0.39 is 0 Å². The van der Waals surface area contributed by atoms with Gasteiger partial charge in [-0.2, -0.15) is 0 Å². The lowest BCUT2D eigenvalue weighted by atomic mass is 9.89. The van der Waals surface area contributed by atoms with E-state index in [1.807, 2.05) is 6.20 Å². The molecule has 17 heavy (non-hydrogen) atoms. The number of nitrogens with zero attached hydrogens (tertiary/aromatic N) is 2. The molecule has 1 N–H and O–H groups in total. The zero-order valence-electron chi connectivity index (χ0n) is 10.1. The highest BCUT2D eigenvalue weighted by Gasteiger charge is 2.33. The highest BCUT2D eigenvalue weighted by atomic mass is 79.9. The van der Waals surface area contributed by atoms with E-state index in [4.69, 9.17) is 0 Å². The van der Waals surface area contributed by atoms with Crippen molar-refractivity contribution in [3.8, 4) is 0 Å². The van der Waals surface area contributed by atoms with Crippen molar-refractivity contribution in [2.24, 2.45) is 11.8 Å². The van der Waals surface area contributed by atoms with Gasteiger partial charge in [0.15, 0.2) is 0 Å². The summed E-state index contributed by atoms with van der Waals surface area (Å²) in [6.45, 7) is 6.79. The SMILES string of the molecule is Cc1ccnc(N2CCC3CNCC3C2)c1Br. The second-order valence-electron chi connectivity index (χ2n) is 5.18. The number of rotatable bonds is 1. The van der Waals surface area contributed by atoms with Gasteiger partial charge in [0.05, 0.1) is 4.47 Å². The van der Waals surface area contributed by atoms with Crippen molar-refractivity contribution in [3.05, 3.63) is 22.3 Å². The van der Waals surface area contributed by atoms with Crippen LogP contribution in [0.25, 0.3) is 0 Å². The standard InChI is InChI=1S/C13H18BrN3/c1-9-2-4-16-13(12(9)14)17-5-3-10-6-15-7-11(10)8-17/h2,4,10-11,15H,3,5-8H2,1H3. The third-order valence-corrected chi connectivity index (χ3v) is 5.05. The Labute approximate surface area is 111 Å². The summed E-state index contributed by atoms with van der Waals surface area (Å²) in [5.41, 5.74) is 1.27. The van der Waals surface area contributed by atoms with Crippen LogP contribution in [0.5, 0.6) is 0 Å². The number of aryl methyl sites for hydroxylation is 1. The van der Waals surface area contributed by atoms with Crippen molar-refractivity contribution in [3.63, 3.8) is 0 Å². The Kier molecular flexibility index (Phi) is 3.09.